The van der Waals surface area contributed by atoms with Gasteiger partial charge in [0, 0.05) is 31.5 Å². The summed E-state index contributed by atoms with van der Waals surface area (Å²) in [5, 5.41) is 6.14. The number of amides is 1. The molecule has 0 aliphatic heterocycles. The molecule has 0 saturated carbocycles. The number of aryl methyl sites for hydroxylation is 1. The molecule has 0 bridgehead atoms. The quantitative estimate of drug-likeness (QED) is 0.805. The minimum atomic E-state index is -0.121. The van der Waals surface area contributed by atoms with Crippen molar-refractivity contribution in [2.24, 2.45) is 5.92 Å². The fourth-order valence-electron chi connectivity index (χ4n) is 2.70. The van der Waals surface area contributed by atoms with E-state index in [1.54, 1.807) is 7.05 Å². The Labute approximate surface area is 122 Å². The molecule has 114 valence electrons. The number of nitrogens with zero attached hydrogens (tertiary/aromatic N) is 1. The topological polar surface area (TPSA) is 46.1 Å². The van der Waals surface area contributed by atoms with Gasteiger partial charge in [0.15, 0.2) is 0 Å². The first-order chi connectivity index (χ1) is 9.40. The largest absolute Gasteiger partial charge is 0.358 e. The van der Waals surface area contributed by atoms with Gasteiger partial charge < -0.3 is 15.2 Å². The number of nitrogens with one attached hydrogen (secondary N) is 2. The van der Waals surface area contributed by atoms with Crippen LogP contribution in [-0.4, -0.2) is 23.6 Å². The van der Waals surface area contributed by atoms with Crippen LogP contribution in [0, 0.1) is 19.8 Å². The van der Waals surface area contributed by atoms with E-state index in [1.807, 2.05) is 0 Å². The van der Waals surface area contributed by atoms with Gasteiger partial charge in [-0.25, -0.2) is 0 Å². The van der Waals surface area contributed by atoms with Crippen molar-refractivity contribution in [2.75, 3.05) is 7.05 Å². The summed E-state index contributed by atoms with van der Waals surface area (Å²) in [6, 6.07) is 2.09. The van der Waals surface area contributed by atoms with E-state index < -0.39 is 0 Å². The molecule has 0 aromatic carbocycles. The fraction of sp³-hybridized carbons (Fsp3) is 0.688. The number of likely N-dealkylation sites (N-methyl/N-ethyl adjacent to an activating group) is 1. The van der Waals surface area contributed by atoms with Gasteiger partial charge in [-0.2, -0.15) is 0 Å². The predicted molar refractivity (Wildman–Crippen MR) is 83.7 cm³/mol. The highest BCUT2D eigenvalue weighted by atomic mass is 16.2. The Kier molecular flexibility index (Phi) is 6.27. The van der Waals surface area contributed by atoms with Crippen LogP contribution in [-0.2, 0) is 17.9 Å². The molecule has 1 amide bonds. The second kappa shape index (κ2) is 7.48. The molecule has 1 aromatic rings. The zero-order chi connectivity index (χ0) is 15.3. The Morgan fingerprint density at radius 1 is 1.35 bits per heavy atom. The Morgan fingerprint density at radius 2 is 2.00 bits per heavy atom. The first kappa shape index (κ1) is 16.8. The van der Waals surface area contributed by atoms with E-state index in [0.29, 0.717) is 5.92 Å². The number of hydrogen-bond donors (Lipinski definition) is 2. The molecule has 0 saturated heterocycles. The standard InChI is InChI=1S/C16H29N3O/c1-7-19-12(4)9-14(13(19)5)10-18-15(8-11(2)3)16(20)17-6/h9,11,15,18H,7-8,10H2,1-6H3,(H,17,20). The molecule has 2 N–H and O–H groups in total. The maximum Gasteiger partial charge on any atom is 0.236 e. The highest BCUT2D eigenvalue weighted by molar-refractivity contribution is 5.81. The maximum absolute atomic E-state index is 11.9. The van der Waals surface area contributed by atoms with Crippen molar-refractivity contribution in [2.45, 2.75) is 60.2 Å². The molecule has 0 spiro atoms. The van der Waals surface area contributed by atoms with Gasteiger partial charge in [-0.05, 0) is 44.7 Å². The van der Waals surface area contributed by atoms with Crippen LogP contribution in [0.15, 0.2) is 6.07 Å². The average Bonchev–Trinajstić information content (AvgIpc) is 2.67. The van der Waals surface area contributed by atoms with E-state index in [9.17, 15) is 4.79 Å². The third-order valence-electron chi connectivity index (χ3n) is 3.80. The van der Waals surface area contributed by atoms with Crippen LogP contribution < -0.4 is 10.6 Å². The lowest BCUT2D eigenvalue weighted by Gasteiger charge is -2.19. The first-order valence-electron chi connectivity index (χ1n) is 7.51. The van der Waals surface area contributed by atoms with Crippen molar-refractivity contribution < 1.29 is 4.79 Å². The molecule has 20 heavy (non-hydrogen) atoms. The summed E-state index contributed by atoms with van der Waals surface area (Å²) >= 11 is 0. The number of hydrogen-bond acceptors (Lipinski definition) is 2. The molecule has 1 atom stereocenters. The third kappa shape index (κ3) is 4.10. The van der Waals surface area contributed by atoms with E-state index in [-0.39, 0.29) is 11.9 Å². The lowest BCUT2D eigenvalue weighted by molar-refractivity contribution is -0.123. The summed E-state index contributed by atoms with van der Waals surface area (Å²) in [5.41, 5.74) is 3.85. The van der Waals surface area contributed by atoms with E-state index in [2.05, 4.69) is 55.9 Å². The molecule has 1 unspecified atom stereocenters. The van der Waals surface area contributed by atoms with Crippen LogP contribution >= 0.6 is 0 Å². The number of rotatable bonds is 7. The van der Waals surface area contributed by atoms with Crippen LogP contribution in [0.3, 0.4) is 0 Å². The highest BCUT2D eigenvalue weighted by Crippen LogP contribution is 2.15. The fourth-order valence-corrected chi connectivity index (χ4v) is 2.70. The number of aromatic nitrogens is 1. The lowest BCUT2D eigenvalue weighted by atomic mass is 10.0. The summed E-state index contributed by atoms with van der Waals surface area (Å²) in [6.07, 6.45) is 0.853. The van der Waals surface area contributed by atoms with E-state index in [0.717, 1.165) is 19.5 Å². The van der Waals surface area contributed by atoms with Gasteiger partial charge in [0.25, 0.3) is 0 Å². The zero-order valence-electron chi connectivity index (χ0n) is 13.7. The highest BCUT2D eigenvalue weighted by Gasteiger charge is 2.18. The van der Waals surface area contributed by atoms with Gasteiger partial charge in [0.1, 0.15) is 0 Å². The molecule has 1 rings (SSSR count). The smallest absolute Gasteiger partial charge is 0.236 e. The van der Waals surface area contributed by atoms with Gasteiger partial charge in [-0.1, -0.05) is 13.8 Å². The van der Waals surface area contributed by atoms with Crippen molar-refractivity contribution in [3.63, 3.8) is 0 Å². The van der Waals surface area contributed by atoms with Crippen LogP contribution in [0.2, 0.25) is 0 Å². The first-order valence-corrected chi connectivity index (χ1v) is 7.51. The number of carbonyl (C=O) groups excluding carboxylic acids is 1. The SMILES string of the molecule is CCn1c(C)cc(CNC(CC(C)C)C(=O)NC)c1C. The number of carbonyl (C=O) groups is 1. The minimum Gasteiger partial charge on any atom is -0.358 e. The monoisotopic (exact) mass is 279 g/mol. The summed E-state index contributed by atoms with van der Waals surface area (Å²) in [6.45, 7) is 12.4. The minimum absolute atomic E-state index is 0.0722. The van der Waals surface area contributed by atoms with Crippen LogP contribution in [0.1, 0.15) is 44.1 Å². The van der Waals surface area contributed by atoms with Crippen molar-refractivity contribution in [1.82, 2.24) is 15.2 Å². The normalized spacial score (nSPS) is 12.8. The summed E-state index contributed by atoms with van der Waals surface area (Å²) in [7, 11) is 1.69. The maximum atomic E-state index is 11.9. The van der Waals surface area contributed by atoms with Crippen LogP contribution in [0.25, 0.3) is 0 Å². The summed E-state index contributed by atoms with van der Waals surface area (Å²) in [4.78, 5) is 11.9. The summed E-state index contributed by atoms with van der Waals surface area (Å²) < 4.78 is 2.30. The summed E-state index contributed by atoms with van der Waals surface area (Å²) in [5.74, 6) is 0.566. The molecule has 0 aliphatic carbocycles. The van der Waals surface area contributed by atoms with E-state index in [4.69, 9.17) is 0 Å². The molecule has 4 nitrogen and oxygen atoms in total. The van der Waals surface area contributed by atoms with Gasteiger partial charge in [0.2, 0.25) is 5.91 Å². The molecule has 1 heterocycles. The molecular weight excluding hydrogens is 250 g/mol. The van der Waals surface area contributed by atoms with Crippen LogP contribution in [0.5, 0.6) is 0 Å². The van der Waals surface area contributed by atoms with Crippen molar-refractivity contribution in [1.29, 1.82) is 0 Å². The van der Waals surface area contributed by atoms with E-state index >= 15 is 0 Å². The molecule has 4 heteroatoms. The molecule has 0 aliphatic rings. The second-order valence-electron chi connectivity index (χ2n) is 5.82. The zero-order valence-corrected chi connectivity index (χ0v) is 13.7. The molecular formula is C16H29N3O. The third-order valence-corrected chi connectivity index (χ3v) is 3.80. The van der Waals surface area contributed by atoms with Gasteiger partial charge in [-0.3, -0.25) is 4.79 Å². The van der Waals surface area contributed by atoms with Gasteiger partial charge >= 0.3 is 0 Å². The Morgan fingerprint density at radius 3 is 2.45 bits per heavy atom. The second-order valence-corrected chi connectivity index (χ2v) is 5.82. The Bertz CT molecular complexity index is 449. The molecule has 1 aromatic heterocycles. The Hall–Kier alpha value is -1.29. The van der Waals surface area contributed by atoms with Crippen LogP contribution in [0.4, 0.5) is 0 Å². The van der Waals surface area contributed by atoms with Crippen molar-refractivity contribution >= 4 is 5.91 Å². The van der Waals surface area contributed by atoms with Gasteiger partial charge in [0.05, 0.1) is 6.04 Å². The molecule has 0 fully saturated rings. The molecule has 0 radical (unpaired) electrons. The lowest BCUT2D eigenvalue weighted by Crippen LogP contribution is -2.43. The van der Waals surface area contributed by atoms with Gasteiger partial charge in [-0.15, -0.1) is 0 Å². The Balaban J connectivity index is 2.74. The van der Waals surface area contributed by atoms with Crippen molar-refractivity contribution in [3.05, 3.63) is 23.0 Å². The van der Waals surface area contributed by atoms with E-state index in [1.165, 1.54) is 17.0 Å². The predicted octanol–water partition coefficient (Wildman–Crippen LogP) is 2.38. The average molecular weight is 279 g/mol. The van der Waals surface area contributed by atoms with Crippen molar-refractivity contribution in [3.8, 4) is 0 Å².